The minimum Gasteiger partial charge on any atom is -0.489 e. The Morgan fingerprint density at radius 3 is 2.78 bits per heavy atom. The molecule has 1 N–H and O–H groups in total. The fraction of sp³-hybridized carbons (Fsp3) is 0.615. The Kier molecular flexibility index (Phi) is 5.52. The molecule has 1 aromatic carbocycles. The van der Waals surface area contributed by atoms with Gasteiger partial charge in [-0.1, -0.05) is 20.4 Å². The number of carbonyl (C=O) groups is 2. The average molecular weight is 438 g/mol. The second kappa shape index (κ2) is 8.22. The number of likely N-dealkylation sites (tertiary alicyclic amines) is 1. The maximum Gasteiger partial charge on any atom is 0.255 e. The predicted molar refractivity (Wildman–Crippen MR) is 123 cm³/mol. The van der Waals surface area contributed by atoms with Crippen molar-refractivity contribution in [1.82, 2.24) is 15.1 Å². The first-order valence-corrected chi connectivity index (χ1v) is 12.1. The van der Waals surface area contributed by atoms with Crippen molar-refractivity contribution >= 4 is 11.8 Å². The Morgan fingerprint density at radius 2 is 2.00 bits per heavy atom. The Hall–Kier alpha value is -2.34. The van der Waals surface area contributed by atoms with Gasteiger partial charge in [0.25, 0.3) is 5.91 Å². The fourth-order valence-corrected chi connectivity index (χ4v) is 6.09. The number of fused-ring (bicyclic) bond motifs is 1. The summed E-state index contributed by atoms with van der Waals surface area (Å²) in [6.07, 6.45) is 7.57. The third-order valence-electron chi connectivity index (χ3n) is 7.71. The van der Waals surface area contributed by atoms with E-state index in [1.807, 2.05) is 18.2 Å². The van der Waals surface area contributed by atoms with Crippen molar-refractivity contribution < 1.29 is 14.3 Å². The van der Waals surface area contributed by atoms with Gasteiger partial charge in [-0.05, 0) is 80.7 Å². The van der Waals surface area contributed by atoms with E-state index in [1.165, 1.54) is 25.7 Å². The van der Waals surface area contributed by atoms with Gasteiger partial charge in [0.2, 0.25) is 5.91 Å². The molecule has 3 heterocycles. The Balaban J connectivity index is 1.28. The largest absolute Gasteiger partial charge is 0.489 e. The minimum absolute atomic E-state index is 0.0616. The molecule has 172 valence electrons. The lowest BCUT2D eigenvalue weighted by Gasteiger charge is -2.42. The smallest absolute Gasteiger partial charge is 0.255 e. The molecule has 3 fully saturated rings. The van der Waals surface area contributed by atoms with Crippen LogP contribution in [0.25, 0.3) is 0 Å². The van der Waals surface area contributed by atoms with Gasteiger partial charge in [0.05, 0.1) is 0 Å². The van der Waals surface area contributed by atoms with Crippen molar-refractivity contribution in [3.8, 4) is 5.75 Å². The number of hydrogen-bond donors (Lipinski definition) is 1. The zero-order valence-corrected chi connectivity index (χ0v) is 19.4. The summed E-state index contributed by atoms with van der Waals surface area (Å²) < 4.78 is 6.52. The van der Waals surface area contributed by atoms with Gasteiger partial charge in [0, 0.05) is 30.4 Å². The second-order valence-electron chi connectivity index (χ2n) is 10.8. The molecular weight excluding hydrogens is 402 g/mol. The van der Waals surface area contributed by atoms with E-state index in [4.69, 9.17) is 4.74 Å². The molecular formula is C26H35N3O3. The van der Waals surface area contributed by atoms with Gasteiger partial charge in [-0.3, -0.25) is 14.5 Å². The standard InChI is InChI=1S/C26H35N3O3/c1-17-8-11-22(24(30)27-17)29-15-18-14-19(9-10-20(18)25(29)31)32-23-7-4-6-21(23)28-13-5-12-26(2,3)16-28/h9-10,14,21-23H,1,4-8,11-13,15-16H2,2-3H3,(H,27,30)/t21-,22?,23-/m0/s1. The van der Waals surface area contributed by atoms with Crippen LogP contribution in [0.4, 0.5) is 0 Å². The Labute approximate surface area is 191 Å². The highest BCUT2D eigenvalue weighted by Crippen LogP contribution is 2.36. The van der Waals surface area contributed by atoms with Crippen molar-refractivity contribution in [2.24, 2.45) is 5.41 Å². The summed E-state index contributed by atoms with van der Waals surface area (Å²) in [5, 5.41) is 2.80. The number of nitrogens with zero attached hydrogens (tertiary/aromatic N) is 2. The van der Waals surface area contributed by atoms with Gasteiger partial charge in [0.1, 0.15) is 17.9 Å². The summed E-state index contributed by atoms with van der Waals surface area (Å²) in [4.78, 5) is 29.7. The molecule has 2 saturated heterocycles. The van der Waals surface area contributed by atoms with Crippen LogP contribution < -0.4 is 10.1 Å². The van der Waals surface area contributed by atoms with Crippen LogP contribution in [0.5, 0.6) is 5.75 Å². The zero-order chi connectivity index (χ0) is 22.5. The molecule has 3 aliphatic heterocycles. The third-order valence-corrected chi connectivity index (χ3v) is 7.71. The molecule has 32 heavy (non-hydrogen) atoms. The fourth-order valence-electron chi connectivity index (χ4n) is 6.09. The van der Waals surface area contributed by atoms with Gasteiger partial charge in [0.15, 0.2) is 0 Å². The Bertz CT molecular complexity index is 940. The molecule has 6 heteroatoms. The number of piperidine rings is 2. The maximum absolute atomic E-state index is 13.0. The van der Waals surface area contributed by atoms with Crippen LogP contribution in [0.3, 0.4) is 0 Å². The minimum atomic E-state index is -0.425. The SMILES string of the molecule is C=C1CCC(N2Cc3cc(O[C@H]4CCC[C@@H]4N4CCCC(C)(C)C4)ccc3C2=O)C(=O)N1. The van der Waals surface area contributed by atoms with Crippen LogP contribution in [0.2, 0.25) is 0 Å². The molecule has 0 aromatic heterocycles. The molecule has 1 aliphatic carbocycles. The van der Waals surface area contributed by atoms with Crippen LogP contribution in [0, 0.1) is 5.41 Å². The first-order chi connectivity index (χ1) is 15.3. The van der Waals surface area contributed by atoms with E-state index in [0.717, 1.165) is 36.5 Å². The van der Waals surface area contributed by atoms with Gasteiger partial charge in [-0.15, -0.1) is 0 Å². The van der Waals surface area contributed by atoms with Crippen molar-refractivity contribution in [2.75, 3.05) is 13.1 Å². The molecule has 0 radical (unpaired) electrons. The monoisotopic (exact) mass is 437 g/mol. The lowest BCUT2D eigenvalue weighted by molar-refractivity contribution is -0.126. The van der Waals surface area contributed by atoms with Gasteiger partial charge in [-0.25, -0.2) is 0 Å². The molecule has 0 bridgehead atoms. The summed E-state index contributed by atoms with van der Waals surface area (Å²) >= 11 is 0. The first kappa shape index (κ1) is 21.5. The second-order valence-corrected chi connectivity index (χ2v) is 10.8. The quantitative estimate of drug-likeness (QED) is 0.777. The summed E-state index contributed by atoms with van der Waals surface area (Å²) in [7, 11) is 0. The highest BCUT2D eigenvalue weighted by atomic mass is 16.5. The Morgan fingerprint density at radius 1 is 1.16 bits per heavy atom. The number of allylic oxidation sites excluding steroid dienone is 1. The van der Waals surface area contributed by atoms with Crippen molar-refractivity contribution in [3.63, 3.8) is 0 Å². The van der Waals surface area contributed by atoms with E-state index in [0.29, 0.717) is 36.4 Å². The summed E-state index contributed by atoms with van der Waals surface area (Å²) in [6, 6.07) is 5.87. The molecule has 1 unspecified atom stereocenters. The lowest BCUT2D eigenvalue weighted by Crippen LogP contribution is -2.49. The predicted octanol–water partition coefficient (Wildman–Crippen LogP) is 3.86. The van der Waals surface area contributed by atoms with Gasteiger partial charge < -0.3 is 15.0 Å². The normalized spacial score (nSPS) is 30.4. The van der Waals surface area contributed by atoms with Crippen LogP contribution >= 0.6 is 0 Å². The van der Waals surface area contributed by atoms with Crippen LogP contribution in [-0.2, 0) is 11.3 Å². The molecule has 4 aliphatic rings. The van der Waals surface area contributed by atoms with E-state index in [2.05, 4.69) is 30.6 Å². The highest BCUT2D eigenvalue weighted by Gasteiger charge is 2.40. The number of ether oxygens (including phenoxy) is 1. The van der Waals surface area contributed by atoms with Crippen LogP contribution in [0.15, 0.2) is 30.5 Å². The molecule has 5 rings (SSSR count). The molecule has 0 spiro atoms. The summed E-state index contributed by atoms with van der Waals surface area (Å²) in [5.74, 6) is 0.652. The first-order valence-electron chi connectivity index (χ1n) is 12.1. The molecule has 1 saturated carbocycles. The average Bonchev–Trinajstić information content (AvgIpc) is 3.32. The van der Waals surface area contributed by atoms with E-state index < -0.39 is 6.04 Å². The van der Waals surface area contributed by atoms with Crippen LogP contribution in [-0.4, -0.2) is 52.9 Å². The van der Waals surface area contributed by atoms with E-state index in [1.54, 1.807) is 4.90 Å². The van der Waals surface area contributed by atoms with Crippen molar-refractivity contribution in [3.05, 3.63) is 41.6 Å². The van der Waals surface area contributed by atoms with Crippen LogP contribution in [0.1, 0.15) is 74.7 Å². The lowest BCUT2D eigenvalue weighted by atomic mass is 9.83. The number of amides is 2. The number of nitrogens with one attached hydrogen (secondary N) is 1. The van der Waals surface area contributed by atoms with E-state index in [9.17, 15) is 9.59 Å². The molecule has 6 nitrogen and oxygen atoms in total. The number of benzene rings is 1. The number of rotatable bonds is 4. The van der Waals surface area contributed by atoms with Crippen molar-refractivity contribution in [1.29, 1.82) is 0 Å². The molecule has 3 atom stereocenters. The maximum atomic E-state index is 13.0. The van der Waals surface area contributed by atoms with Crippen molar-refractivity contribution in [2.45, 2.75) is 83.5 Å². The topological polar surface area (TPSA) is 61.9 Å². The van der Waals surface area contributed by atoms with Gasteiger partial charge in [-0.2, -0.15) is 0 Å². The highest BCUT2D eigenvalue weighted by molar-refractivity contribution is 6.01. The van der Waals surface area contributed by atoms with Gasteiger partial charge >= 0.3 is 0 Å². The van der Waals surface area contributed by atoms with E-state index >= 15 is 0 Å². The molecule has 2 amide bonds. The number of hydrogen-bond acceptors (Lipinski definition) is 4. The third kappa shape index (κ3) is 4.05. The van der Waals surface area contributed by atoms with E-state index in [-0.39, 0.29) is 17.9 Å². The number of carbonyl (C=O) groups excluding carboxylic acids is 2. The molecule has 1 aromatic rings. The summed E-state index contributed by atoms with van der Waals surface area (Å²) in [6.45, 7) is 11.3. The summed E-state index contributed by atoms with van der Waals surface area (Å²) in [5.41, 5.74) is 2.75. The zero-order valence-electron chi connectivity index (χ0n) is 19.4.